The smallest absolute Gasteiger partial charge is 0.123 e. The first kappa shape index (κ1) is 15.3. The molecule has 0 radical (unpaired) electrons. The van der Waals surface area contributed by atoms with E-state index in [9.17, 15) is 9.50 Å². The van der Waals surface area contributed by atoms with E-state index in [4.69, 9.17) is 0 Å². The maximum absolute atomic E-state index is 13.5. The molecule has 2 rings (SSSR count). The summed E-state index contributed by atoms with van der Waals surface area (Å²) in [5, 5.41) is 13.4. The second-order valence-corrected chi connectivity index (χ2v) is 6.29. The lowest BCUT2D eigenvalue weighted by atomic mass is 9.93. The van der Waals surface area contributed by atoms with Crippen molar-refractivity contribution < 1.29 is 9.50 Å². The average Bonchev–Trinajstić information content (AvgIpc) is 2.37. The molecule has 1 aliphatic rings. The highest BCUT2D eigenvalue weighted by atomic mass is 19.1. The topological polar surface area (TPSA) is 35.5 Å². The van der Waals surface area contributed by atoms with Crippen molar-refractivity contribution in [2.24, 2.45) is 0 Å². The van der Waals surface area contributed by atoms with Gasteiger partial charge in [0.2, 0.25) is 0 Å². The van der Waals surface area contributed by atoms with Crippen LogP contribution in [0.3, 0.4) is 0 Å². The Morgan fingerprint density at radius 3 is 2.60 bits per heavy atom. The Labute approximate surface area is 120 Å². The summed E-state index contributed by atoms with van der Waals surface area (Å²) < 4.78 is 13.5. The molecule has 0 atom stereocenters. The standard InChI is InChI=1S/C16H25FN2O/c1-12(2)18-11-13-10-14(17)4-5-15(13)19-8-6-16(3,20)7-9-19/h4-5,10,12,18,20H,6-9,11H2,1-3H3. The summed E-state index contributed by atoms with van der Waals surface area (Å²) in [6.45, 7) is 8.34. The SMILES string of the molecule is CC(C)NCc1cc(F)ccc1N1CCC(C)(O)CC1. The molecule has 0 amide bonds. The molecule has 1 aromatic carbocycles. The number of anilines is 1. The van der Waals surface area contributed by atoms with Gasteiger partial charge in [-0.25, -0.2) is 4.39 Å². The van der Waals surface area contributed by atoms with Gasteiger partial charge in [-0.1, -0.05) is 13.8 Å². The zero-order chi connectivity index (χ0) is 14.8. The normalized spacial score (nSPS) is 18.6. The van der Waals surface area contributed by atoms with Crippen LogP contribution in [0.25, 0.3) is 0 Å². The van der Waals surface area contributed by atoms with Gasteiger partial charge < -0.3 is 15.3 Å². The molecule has 0 unspecified atom stereocenters. The Hall–Kier alpha value is -1.13. The van der Waals surface area contributed by atoms with Crippen molar-refractivity contribution >= 4 is 5.69 Å². The minimum Gasteiger partial charge on any atom is -0.390 e. The van der Waals surface area contributed by atoms with E-state index in [1.807, 2.05) is 13.0 Å². The van der Waals surface area contributed by atoms with E-state index in [1.54, 1.807) is 6.07 Å². The highest BCUT2D eigenvalue weighted by molar-refractivity contribution is 5.54. The third-order valence-electron chi connectivity index (χ3n) is 3.92. The summed E-state index contributed by atoms with van der Waals surface area (Å²) in [5.41, 5.74) is 1.50. The first-order valence-corrected chi connectivity index (χ1v) is 7.36. The molecule has 3 nitrogen and oxygen atoms in total. The van der Waals surface area contributed by atoms with Crippen LogP contribution in [-0.4, -0.2) is 29.8 Å². The Bertz CT molecular complexity index is 450. The number of nitrogens with zero attached hydrogens (tertiary/aromatic N) is 1. The molecule has 1 aromatic rings. The summed E-state index contributed by atoms with van der Waals surface area (Å²) in [5.74, 6) is -0.196. The summed E-state index contributed by atoms with van der Waals surface area (Å²) in [7, 11) is 0. The molecule has 20 heavy (non-hydrogen) atoms. The predicted octanol–water partition coefficient (Wildman–Crippen LogP) is 2.67. The Balaban J connectivity index is 2.14. The monoisotopic (exact) mass is 280 g/mol. The van der Waals surface area contributed by atoms with Crippen molar-refractivity contribution in [2.45, 2.75) is 51.8 Å². The fraction of sp³-hybridized carbons (Fsp3) is 0.625. The fourth-order valence-electron chi connectivity index (χ4n) is 2.55. The number of benzene rings is 1. The third kappa shape index (κ3) is 3.93. The van der Waals surface area contributed by atoms with Crippen LogP contribution >= 0.6 is 0 Å². The fourth-order valence-corrected chi connectivity index (χ4v) is 2.55. The van der Waals surface area contributed by atoms with Crippen molar-refractivity contribution in [3.8, 4) is 0 Å². The van der Waals surface area contributed by atoms with Gasteiger partial charge in [0.1, 0.15) is 5.82 Å². The van der Waals surface area contributed by atoms with Gasteiger partial charge in [0.25, 0.3) is 0 Å². The first-order valence-electron chi connectivity index (χ1n) is 7.36. The van der Waals surface area contributed by atoms with Gasteiger partial charge >= 0.3 is 0 Å². The molecule has 2 N–H and O–H groups in total. The number of aliphatic hydroxyl groups is 1. The van der Waals surface area contributed by atoms with E-state index in [-0.39, 0.29) is 5.82 Å². The molecular formula is C16H25FN2O. The van der Waals surface area contributed by atoms with Crippen LogP contribution in [0.15, 0.2) is 18.2 Å². The predicted molar refractivity (Wildman–Crippen MR) is 80.4 cm³/mol. The van der Waals surface area contributed by atoms with Crippen LogP contribution < -0.4 is 10.2 Å². The van der Waals surface area contributed by atoms with Gasteiger partial charge in [-0.3, -0.25) is 0 Å². The molecule has 0 aliphatic carbocycles. The number of nitrogens with one attached hydrogen (secondary N) is 1. The van der Waals surface area contributed by atoms with Gasteiger partial charge in [-0.15, -0.1) is 0 Å². The van der Waals surface area contributed by atoms with Gasteiger partial charge in [-0.05, 0) is 43.5 Å². The zero-order valence-electron chi connectivity index (χ0n) is 12.6. The molecule has 1 saturated heterocycles. The summed E-state index contributed by atoms with van der Waals surface area (Å²) in [4.78, 5) is 2.24. The molecule has 1 aliphatic heterocycles. The second kappa shape index (κ2) is 6.10. The van der Waals surface area contributed by atoms with Crippen LogP contribution in [0, 0.1) is 5.82 Å². The van der Waals surface area contributed by atoms with E-state index in [0.29, 0.717) is 12.6 Å². The number of piperidine rings is 1. The highest BCUT2D eigenvalue weighted by Crippen LogP contribution is 2.28. The third-order valence-corrected chi connectivity index (χ3v) is 3.92. The number of halogens is 1. The summed E-state index contributed by atoms with van der Waals surface area (Å²) in [6.07, 6.45) is 1.50. The molecule has 0 bridgehead atoms. The van der Waals surface area contributed by atoms with Gasteiger partial charge in [-0.2, -0.15) is 0 Å². The van der Waals surface area contributed by atoms with Crippen molar-refractivity contribution in [2.75, 3.05) is 18.0 Å². The number of hydrogen-bond acceptors (Lipinski definition) is 3. The quantitative estimate of drug-likeness (QED) is 0.890. The van der Waals surface area contributed by atoms with Gasteiger partial charge in [0.15, 0.2) is 0 Å². The van der Waals surface area contributed by atoms with E-state index in [2.05, 4.69) is 24.1 Å². The average molecular weight is 280 g/mol. The number of rotatable bonds is 4. The molecule has 4 heteroatoms. The van der Waals surface area contributed by atoms with Crippen molar-refractivity contribution in [3.05, 3.63) is 29.6 Å². The number of hydrogen-bond donors (Lipinski definition) is 2. The van der Waals surface area contributed by atoms with Crippen LogP contribution in [-0.2, 0) is 6.54 Å². The summed E-state index contributed by atoms with van der Waals surface area (Å²) in [6, 6.07) is 5.35. The molecule has 112 valence electrons. The lowest BCUT2D eigenvalue weighted by molar-refractivity contribution is 0.0351. The lowest BCUT2D eigenvalue weighted by Crippen LogP contribution is -2.43. The molecule has 1 fully saturated rings. The maximum atomic E-state index is 13.5. The van der Waals surface area contributed by atoms with Crippen molar-refractivity contribution in [3.63, 3.8) is 0 Å². The largest absolute Gasteiger partial charge is 0.390 e. The molecule has 0 saturated carbocycles. The maximum Gasteiger partial charge on any atom is 0.123 e. The van der Waals surface area contributed by atoms with Crippen LogP contribution in [0.5, 0.6) is 0 Å². The van der Waals surface area contributed by atoms with Crippen LogP contribution in [0.1, 0.15) is 39.2 Å². The molecular weight excluding hydrogens is 255 g/mol. The Morgan fingerprint density at radius 1 is 1.35 bits per heavy atom. The van der Waals surface area contributed by atoms with Crippen LogP contribution in [0.4, 0.5) is 10.1 Å². The van der Waals surface area contributed by atoms with Crippen LogP contribution in [0.2, 0.25) is 0 Å². The van der Waals surface area contributed by atoms with Crippen molar-refractivity contribution in [1.82, 2.24) is 5.32 Å². The molecule has 0 aromatic heterocycles. The minimum atomic E-state index is -0.563. The van der Waals surface area contributed by atoms with Gasteiger partial charge in [0, 0.05) is 31.4 Å². The lowest BCUT2D eigenvalue weighted by Gasteiger charge is -2.38. The second-order valence-electron chi connectivity index (χ2n) is 6.29. The highest BCUT2D eigenvalue weighted by Gasteiger charge is 2.28. The summed E-state index contributed by atoms with van der Waals surface area (Å²) >= 11 is 0. The van der Waals surface area contributed by atoms with Gasteiger partial charge in [0.05, 0.1) is 5.60 Å². The van der Waals surface area contributed by atoms with E-state index in [1.165, 1.54) is 6.07 Å². The zero-order valence-corrected chi connectivity index (χ0v) is 12.6. The van der Waals surface area contributed by atoms with Crippen molar-refractivity contribution in [1.29, 1.82) is 0 Å². The Kier molecular flexibility index (Phi) is 4.66. The molecule has 0 spiro atoms. The minimum absolute atomic E-state index is 0.196. The van der Waals surface area contributed by atoms with E-state index in [0.717, 1.165) is 37.2 Å². The van der Waals surface area contributed by atoms with E-state index < -0.39 is 5.60 Å². The first-order chi connectivity index (χ1) is 9.37. The molecule has 1 heterocycles. The Morgan fingerprint density at radius 2 is 2.00 bits per heavy atom. The van der Waals surface area contributed by atoms with E-state index >= 15 is 0 Å².